The Labute approximate surface area is 278 Å². The predicted octanol–water partition coefficient (Wildman–Crippen LogP) is 13.0. The van der Waals surface area contributed by atoms with Crippen molar-refractivity contribution in [2.75, 3.05) is 0 Å². The zero-order chi connectivity index (χ0) is 36.5. The van der Waals surface area contributed by atoms with Crippen LogP contribution in [0.3, 0.4) is 0 Å². The van der Waals surface area contributed by atoms with Gasteiger partial charge in [0, 0.05) is 0 Å². The molecule has 0 saturated heterocycles. The van der Waals surface area contributed by atoms with Gasteiger partial charge in [0.05, 0.1) is 9.60 Å². The Kier molecular flexibility index (Phi) is 4.76. The SMILES string of the molecule is [2H]c1c([2H])c([2H])c2c(-c3cccc4ccccc34)c3c([2H])c(-c4ccc5ccccc5c4)c([2H])c([2H])c3c(-c3ccc(-c4ccccc4)cc3)c2c1[2H]. The Hall–Kier alpha value is -5.98. The molecule has 9 aromatic rings. The normalized spacial score (nSPS) is 13.6. The highest BCUT2D eigenvalue weighted by molar-refractivity contribution is 6.24. The van der Waals surface area contributed by atoms with Crippen LogP contribution in [0.1, 0.15) is 9.60 Å². The highest BCUT2D eigenvalue weighted by Crippen LogP contribution is 2.46. The van der Waals surface area contributed by atoms with Crippen LogP contribution in [-0.4, -0.2) is 0 Å². The fraction of sp³-hybridized carbons (Fsp3) is 0. The third-order valence-electron chi connectivity index (χ3n) is 8.88. The number of hydrogen-bond donors (Lipinski definition) is 0. The van der Waals surface area contributed by atoms with Crippen molar-refractivity contribution in [2.24, 2.45) is 0 Å². The average Bonchev–Trinajstić information content (AvgIpc) is 3.20. The van der Waals surface area contributed by atoms with E-state index in [1.54, 1.807) is 0 Å². The molecule has 0 bridgehead atoms. The van der Waals surface area contributed by atoms with Gasteiger partial charge in [0.15, 0.2) is 0 Å². The maximum atomic E-state index is 10.0. The van der Waals surface area contributed by atoms with E-state index in [0.717, 1.165) is 32.7 Å². The van der Waals surface area contributed by atoms with E-state index in [1.165, 1.54) is 0 Å². The second-order valence-electron chi connectivity index (χ2n) is 11.5. The lowest BCUT2D eigenvalue weighted by Gasteiger charge is -2.20. The van der Waals surface area contributed by atoms with Gasteiger partial charge in [-0.1, -0.05) is 170 Å². The summed E-state index contributed by atoms with van der Waals surface area (Å²) >= 11 is 0. The summed E-state index contributed by atoms with van der Waals surface area (Å²) in [6.45, 7) is 0. The summed E-state index contributed by atoms with van der Waals surface area (Å²) < 4.78 is 65.8. The van der Waals surface area contributed by atoms with E-state index >= 15 is 0 Å². The second kappa shape index (κ2) is 10.9. The van der Waals surface area contributed by atoms with Gasteiger partial charge in [-0.3, -0.25) is 0 Å². The van der Waals surface area contributed by atoms with E-state index in [-0.39, 0.29) is 53.1 Å². The van der Waals surface area contributed by atoms with Crippen LogP contribution in [0, 0.1) is 0 Å². The Bertz CT molecular complexity index is 2950. The minimum atomic E-state index is -0.385. The fourth-order valence-electron chi connectivity index (χ4n) is 6.67. The monoisotopic (exact) mass is 589 g/mol. The summed E-state index contributed by atoms with van der Waals surface area (Å²) in [4.78, 5) is 0. The molecule has 0 aliphatic carbocycles. The van der Waals surface area contributed by atoms with Gasteiger partial charge in [-0.15, -0.1) is 0 Å². The topological polar surface area (TPSA) is 0 Å². The Morgan fingerprint density at radius 1 is 0.326 bits per heavy atom. The van der Waals surface area contributed by atoms with Crippen LogP contribution in [0.5, 0.6) is 0 Å². The van der Waals surface area contributed by atoms with Gasteiger partial charge in [0.2, 0.25) is 0 Å². The molecular weight excluding hydrogens is 553 g/mol. The predicted molar refractivity (Wildman–Crippen MR) is 198 cm³/mol. The lowest BCUT2D eigenvalue weighted by molar-refractivity contribution is 1.61. The van der Waals surface area contributed by atoms with Gasteiger partial charge < -0.3 is 0 Å². The molecule has 0 radical (unpaired) electrons. The molecule has 214 valence electrons. The van der Waals surface area contributed by atoms with Crippen LogP contribution < -0.4 is 0 Å². The molecule has 0 spiro atoms. The average molecular weight is 590 g/mol. The van der Waals surface area contributed by atoms with Crippen molar-refractivity contribution in [2.45, 2.75) is 0 Å². The molecule has 0 heterocycles. The fourth-order valence-corrected chi connectivity index (χ4v) is 6.67. The van der Waals surface area contributed by atoms with Crippen molar-refractivity contribution in [1.82, 2.24) is 0 Å². The van der Waals surface area contributed by atoms with Gasteiger partial charge in [0.25, 0.3) is 0 Å². The summed E-state index contributed by atoms with van der Waals surface area (Å²) in [6, 6.07) is 43.5. The smallest absolute Gasteiger partial charge is 0.0622 e. The number of hydrogen-bond acceptors (Lipinski definition) is 0. The Morgan fingerprint density at radius 3 is 1.76 bits per heavy atom. The number of rotatable bonds is 4. The summed E-state index contributed by atoms with van der Waals surface area (Å²) in [5.41, 5.74) is 5.06. The molecule has 0 heteroatoms. The van der Waals surface area contributed by atoms with Crippen LogP contribution in [-0.2, 0) is 0 Å². The lowest BCUT2D eigenvalue weighted by Crippen LogP contribution is -1.92. The van der Waals surface area contributed by atoms with E-state index in [1.807, 2.05) is 140 Å². The quantitative estimate of drug-likeness (QED) is 0.179. The van der Waals surface area contributed by atoms with Crippen molar-refractivity contribution >= 4 is 43.1 Å². The van der Waals surface area contributed by atoms with Crippen molar-refractivity contribution < 1.29 is 9.60 Å². The Balaban J connectivity index is 1.52. The van der Waals surface area contributed by atoms with E-state index < -0.39 is 0 Å². The third kappa shape index (κ3) is 4.38. The van der Waals surface area contributed by atoms with E-state index in [4.69, 9.17) is 2.74 Å². The molecule has 0 nitrogen and oxygen atoms in total. The van der Waals surface area contributed by atoms with Crippen LogP contribution in [0.25, 0.3) is 87.6 Å². The molecule has 0 unspecified atom stereocenters. The summed E-state index contributed by atoms with van der Waals surface area (Å²) in [7, 11) is 0. The van der Waals surface area contributed by atoms with Crippen LogP contribution >= 0.6 is 0 Å². The standard InChI is InChI=1S/C46H30/c1-2-11-31(12-3-1)33-21-24-35(25-22-33)45-41-18-8-9-19-42(41)46(40-20-10-16-34-14-6-7-17-39(34)40)44-30-38(27-28-43(44)45)37-26-23-32-13-4-5-15-36(32)29-37/h1-30H/i8D,9D,18D,19D,27D,28D,30D. The summed E-state index contributed by atoms with van der Waals surface area (Å²) in [6.07, 6.45) is 0. The first-order chi connectivity index (χ1) is 25.7. The van der Waals surface area contributed by atoms with E-state index in [2.05, 4.69) is 0 Å². The zero-order valence-corrected chi connectivity index (χ0v) is 24.8. The third-order valence-corrected chi connectivity index (χ3v) is 8.88. The Morgan fingerprint density at radius 2 is 0.935 bits per heavy atom. The minimum Gasteiger partial charge on any atom is -0.0622 e. The van der Waals surface area contributed by atoms with Crippen LogP contribution in [0.4, 0.5) is 0 Å². The first-order valence-corrected chi connectivity index (χ1v) is 15.4. The number of benzene rings is 9. The first-order valence-electron chi connectivity index (χ1n) is 18.9. The van der Waals surface area contributed by atoms with Gasteiger partial charge in [-0.2, -0.15) is 0 Å². The zero-order valence-electron chi connectivity index (χ0n) is 31.8. The number of fused-ring (bicyclic) bond motifs is 4. The minimum absolute atomic E-state index is 0.0238. The largest absolute Gasteiger partial charge is 0.0636 e. The highest BCUT2D eigenvalue weighted by atomic mass is 14.2. The summed E-state index contributed by atoms with van der Waals surface area (Å²) in [5.74, 6) is 0. The molecule has 0 aliphatic heterocycles. The molecule has 46 heavy (non-hydrogen) atoms. The maximum absolute atomic E-state index is 10.0. The summed E-state index contributed by atoms with van der Waals surface area (Å²) in [5, 5.41) is 4.93. The molecule has 0 aromatic heterocycles. The van der Waals surface area contributed by atoms with Crippen molar-refractivity contribution in [1.29, 1.82) is 0 Å². The van der Waals surface area contributed by atoms with Crippen molar-refractivity contribution in [3.8, 4) is 44.5 Å². The van der Waals surface area contributed by atoms with Gasteiger partial charge in [-0.05, 0) is 99.7 Å². The van der Waals surface area contributed by atoms with E-state index in [9.17, 15) is 6.85 Å². The molecule has 0 amide bonds. The van der Waals surface area contributed by atoms with Gasteiger partial charge >= 0.3 is 0 Å². The van der Waals surface area contributed by atoms with Gasteiger partial charge in [-0.25, -0.2) is 0 Å². The molecule has 0 N–H and O–H groups in total. The van der Waals surface area contributed by atoms with E-state index in [0.29, 0.717) is 44.2 Å². The van der Waals surface area contributed by atoms with Crippen molar-refractivity contribution in [3.63, 3.8) is 0 Å². The van der Waals surface area contributed by atoms with Crippen LogP contribution in [0.15, 0.2) is 182 Å². The molecule has 0 aliphatic rings. The van der Waals surface area contributed by atoms with Crippen LogP contribution in [0.2, 0.25) is 0 Å². The molecule has 0 atom stereocenters. The highest BCUT2D eigenvalue weighted by Gasteiger charge is 2.19. The molecular formula is C46H30. The molecule has 9 rings (SSSR count). The molecule has 9 aromatic carbocycles. The second-order valence-corrected chi connectivity index (χ2v) is 11.5. The molecule has 0 fully saturated rings. The lowest BCUT2D eigenvalue weighted by atomic mass is 9.83. The van der Waals surface area contributed by atoms with Gasteiger partial charge in [0.1, 0.15) is 0 Å². The first kappa shape index (κ1) is 20.1. The molecule has 0 saturated carbocycles. The van der Waals surface area contributed by atoms with Crippen molar-refractivity contribution in [3.05, 3.63) is 182 Å². The maximum Gasteiger partial charge on any atom is 0.0636 e.